The van der Waals surface area contributed by atoms with Crippen LogP contribution in [0.2, 0.25) is 0 Å². The molecule has 1 amide bonds. The highest BCUT2D eigenvalue weighted by molar-refractivity contribution is 5.96. The van der Waals surface area contributed by atoms with Gasteiger partial charge in [0.25, 0.3) is 5.91 Å². The summed E-state index contributed by atoms with van der Waals surface area (Å²) in [7, 11) is 0. The summed E-state index contributed by atoms with van der Waals surface area (Å²) in [6, 6.07) is 3.31. The van der Waals surface area contributed by atoms with E-state index in [-0.39, 0.29) is 16.5 Å². The van der Waals surface area contributed by atoms with Gasteiger partial charge < -0.3 is 15.2 Å². The largest absolute Gasteiger partial charge is 0.478 e. The smallest absolute Gasteiger partial charge is 0.335 e. The minimum absolute atomic E-state index is 0.0440. The van der Waals surface area contributed by atoms with Gasteiger partial charge in [-0.1, -0.05) is 6.42 Å². The number of benzene rings is 1. The Balaban J connectivity index is 1.95. The first-order chi connectivity index (χ1) is 11.0. The van der Waals surface area contributed by atoms with Crippen molar-refractivity contribution in [2.24, 2.45) is 5.41 Å². The third-order valence-corrected chi connectivity index (χ3v) is 4.48. The van der Waals surface area contributed by atoms with E-state index in [0.29, 0.717) is 19.8 Å². The van der Waals surface area contributed by atoms with E-state index in [4.69, 9.17) is 9.84 Å². The summed E-state index contributed by atoms with van der Waals surface area (Å²) in [5, 5.41) is 11.6. The van der Waals surface area contributed by atoms with E-state index >= 15 is 0 Å². The standard InChI is InChI=1S/C17H22FNO4/c1-2-23-9-8-17(6-3-7-17)11-19-15(20)13-5-4-12(16(21)22)10-14(13)18/h4-5,10H,2-3,6-9,11H2,1H3,(H,19,20)(H,21,22). The number of halogens is 1. The molecule has 0 heterocycles. The van der Waals surface area contributed by atoms with Crippen LogP contribution < -0.4 is 5.32 Å². The zero-order valence-corrected chi connectivity index (χ0v) is 13.2. The van der Waals surface area contributed by atoms with Gasteiger partial charge in [-0.25, -0.2) is 9.18 Å². The van der Waals surface area contributed by atoms with E-state index in [1.807, 2.05) is 6.92 Å². The van der Waals surface area contributed by atoms with Gasteiger partial charge in [-0.2, -0.15) is 0 Å². The molecule has 1 aromatic rings. The summed E-state index contributed by atoms with van der Waals surface area (Å²) in [5.41, 5.74) is -0.261. The number of rotatable bonds is 8. The Kier molecular flexibility index (Phi) is 5.71. The fourth-order valence-electron chi connectivity index (χ4n) is 2.82. The molecule has 0 radical (unpaired) electrons. The van der Waals surface area contributed by atoms with Crippen LogP contribution in [-0.2, 0) is 4.74 Å². The highest BCUT2D eigenvalue weighted by atomic mass is 19.1. The second-order valence-corrected chi connectivity index (χ2v) is 5.98. The van der Waals surface area contributed by atoms with Crippen molar-refractivity contribution < 1.29 is 23.8 Å². The molecule has 2 N–H and O–H groups in total. The fraction of sp³-hybridized carbons (Fsp3) is 0.529. The lowest BCUT2D eigenvalue weighted by atomic mass is 9.66. The van der Waals surface area contributed by atoms with Crippen LogP contribution in [-0.4, -0.2) is 36.7 Å². The average Bonchev–Trinajstić information content (AvgIpc) is 2.48. The second-order valence-electron chi connectivity index (χ2n) is 5.98. The van der Waals surface area contributed by atoms with Crippen LogP contribution in [0.3, 0.4) is 0 Å². The van der Waals surface area contributed by atoms with Crippen molar-refractivity contribution in [2.45, 2.75) is 32.6 Å². The number of hydrogen-bond acceptors (Lipinski definition) is 3. The SMILES string of the molecule is CCOCCC1(CNC(=O)c2ccc(C(=O)O)cc2F)CCC1. The zero-order chi connectivity index (χ0) is 16.9. The lowest BCUT2D eigenvalue weighted by Crippen LogP contribution is -2.43. The molecule has 2 rings (SSSR count). The third kappa shape index (κ3) is 4.28. The molecular formula is C17H22FNO4. The summed E-state index contributed by atoms with van der Waals surface area (Å²) >= 11 is 0. The molecule has 1 aliphatic rings. The molecule has 0 spiro atoms. The lowest BCUT2D eigenvalue weighted by molar-refractivity contribution is 0.0512. The van der Waals surface area contributed by atoms with Crippen LogP contribution in [0.4, 0.5) is 4.39 Å². The van der Waals surface area contributed by atoms with Crippen molar-refractivity contribution in [1.82, 2.24) is 5.32 Å². The molecule has 1 fully saturated rings. The van der Waals surface area contributed by atoms with Crippen LogP contribution in [0, 0.1) is 11.2 Å². The molecule has 0 saturated heterocycles. The van der Waals surface area contributed by atoms with Crippen LogP contribution in [0.1, 0.15) is 53.3 Å². The molecule has 0 aromatic heterocycles. The van der Waals surface area contributed by atoms with E-state index in [1.165, 1.54) is 12.1 Å². The van der Waals surface area contributed by atoms with Gasteiger partial charge in [-0.05, 0) is 49.8 Å². The van der Waals surface area contributed by atoms with Crippen molar-refractivity contribution in [3.05, 3.63) is 35.1 Å². The molecule has 23 heavy (non-hydrogen) atoms. The molecule has 5 nitrogen and oxygen atoms in total. The number of carboxylic acid groups (broad SMARTS) is 1. The maximum absolute atomic E-state index is 13.9. The molecule has 1 aromatic carbocycles. The van der Waals surface area contributed by atoms with E-state index in [0.717, 1.165) is 31.7 Å². The number of carboxylic acids is 1. The first-order valence-corrected chi connectivity index (χ1v) is 7.86. The maximum atomic E-state index is 13.9. The highest BCUT2D eigenvalue weighted by Crippen LogP contribution is 2.43. The summed E-state index contributed by atoms with van der Waals surface area (Å²) in [5.74, 6) is -2.55. The summed E-state index contributed by atoms with van der Waals surface area (Å²) in [6.07, 6.45) is 4.06. The van der Waals surface area contributed by atoms with Crippen LogP contribution in [0.15, 0.2) is 18.2 Å². The average molecular weight is 323 g/mol. The predicted octanol–water partition coefficient (Wildman–Crippen LogP) is 2.85. The fourth-order valence-corrected chi connectivity index (χ4v) is 2.82. The molecule has 0 bridgehead atoms. The minimum Gasteiger partial charge on any atom is -0.478 e. The number of hydrogen-bond donors (Lipinski definition) is 2. The van der Waals surface area contributed by atoms with Crippen molar-refractivity contribution in [3.8, 4) is 0 Å². The van der Waals surface area contributed by atoms with Crippen LogP contribution >= 0.6 is 0 Å². The molecule has 1 saturated carbocycles. The van der Waals surface area contributed by atoms with Crippen LogP contribution in [0.5, 0.6) is 0 Å². The molecule has 0 atom stereocenters. The van der Waals surface area contributed by atoms with Gasteiger partial charge in [0.1, 0.15) is 5.82 Å². The van der Waals surface area contributed by atoms with E-state index < -0.39 is 17.7 Å². The van der Waals surface area contributed by atoms with Gasteiger partial charge in [0, 0.05) is 19.8 Å². The summed E-state index contributed by atoms with van der Waals surface area (Å²) in [6.45, 7) is 3.76. The van der Waals surface area contributed by atoms with Crippen molar-refractivity contribution >= 4 is 11.9 Å². The Hall–Kier alpha value is -1.95. The minimum atomic E-state index is -1.22. The van der Waals surface area contributed by atoms with Crippen molar-refractivity contribution in [1.29, 1.82) is 0 Å². The number of nitrogens with one attached hydrogen (secondary N) is 1. The molecule has 126 valence electrons. The summed E-state index contributed by atoms with van der Waals surface area (Å²) in [4.78, 5) is 22.9. The van der Waals surface area contributed by atoms with Gasteiger partial charge in [0.05, 0.1) is 11.1 Å². The second kappa shape index (κ2) is 7.55. The number of carbonyl (C=O) groups is 2. The predicted molar refractivity (Wildman–Crippen MR) is 83.1 cm³/mol. The van der Waals surface area contributed by atoms with Crippen molar-refractivity contribution in [2.75, 3.05) is 19.8 Å². The quantitative estimate of drug-likeness (QED) is 0.721. The Bertz CT molecular complexity index is 584. The summed E-state index contributed by atoms with van der Waals surface area (Å²) < 4.78 is 19.3. The molecular weight excluding hydrogens is 301 g/mol. The number of carbonyl (C=O) groups excluding carboxylic acids is 1. The molecule has 0 aliphatic heterocycles. The van der Waals surface area contributed by atoms with Gasteiger partial charge in [-0.15, -0.1) is 0 Å². The zero-order valence-electron chi connectivity index (χ0n) is 13.2. The monoisotopic (exact) mass is 323 g/mol. The first-order valence-electron chi connectivity index (χ1n) is 7.86. The van der Waals surface area contributed by atoms with Gasteiger partial charge in [0.2, 0.25) is 0 Å². The third-order valence-electron chi connectivity index (χ3n) is 4.48. The van der Waals surface area contributed by atoms with E-state index in [1.54, 1.807) is 0 Å². The van der Waals surface area contributed by atoms with Gasteiger partial charge >= 0.3 is 5.97 Å². The Morgan fingerprint density at radius 1 is 1.39 bits per heavy atom. The van der Waals surface area contributed by atoms with E-state index in [9.17, 15) is 14.0 Å². The topological polar surface area (TPSA) is 75.6 Å². The number of ether oxygens (including phenoxy) is 1. The molecule has 0 unspecified atom stereocenters. The lowest BCUT2D eigenvalue weighted by Gasteiger charge is -2.42. The van der Waals surface area contributed by atoms with E-state index in [2.05, 4.69) is 5.32 Å². The highest BCUT2D eigenvalue weighted by Gasteiger charge is 2.36. The Morgan fingerprint density at radius 2 is 2.13 bits per heavy atom. The van der Waals surface area contributed by atoms with Crippen LogP contribution in [0.25, 0.3) is 0 Å². The van der Waals surface area contributed by atoms with Crippen molar-refractivity contribution in [3.63, 3.8) is 0 Å². The Labute approximate surface area is 134 Å². The first kappa shape index (κ1) is 17.4. The maximum Gasteiger partial charge on any atom is 0.335 e. The van der Waals surface area contributed by atoms with Gasteiger partial charge in [0.15, 0.2) is 0 Å². The normalized spacial score (nSPS) is 15.7. The molecule has 6 heteroatoms. The Morgan fingerprint density at radius 3 is 2.65 bits per heavy atom. The molecule has 1 aliphatic carbocycles. The van der Waals surface area contributed by atoms with Gasteiger partial charge in [-0.3, -0.25) is 4.79 Å². The number of amides is 1. The number of aromatic carboxylic acids is 1.